The molecule has 0 saturated carbocycles. The van der Waals surface area contributed by atoms with E-state index in [1.807, 2.05) is 0 Å². The fraction of sp³-hybridized carbons (Fsp3) is 0.348. The lowest BCUT2D eigenvalue weighted by Crippen LogP contribution is -2.37. The summed E-state index contributed by atoms with van der Waals surface area (Å²) in [6.07, 6.45) is -2.99. The normalized spacial score (nSPS) is 13.8. The van der Waals surface area contributed by atoms with Crippen LogP contribution in [0.25, 0.3) is 22.0 Å². The average molecular weight is 482 g/mol. The summed E-state index contributed by atoms with van der Waals surface area (Å²) >= 11 is 0. The van der Waals surface area contributed by atoms with Gasteiger partial charge in [-0.25, -0.2) is 0 Å². The fourth-order valence-electron chi connectivity index (χ4n) is 3.60. The van der Waals surface area contributed by atoms with E-state index in [2.05, 4.69) is 4.72 Å². The van der Waals surface area contributed by atoms with Crippen LogP contribution < -0.4 is 4.72 Å². The van der Waals surface area contributed by atoms with E-state index in [0.717, 1.165) is 10.4 Å². The van der Waals surface area contributed by atoms with E-state index in [4.69, 9.17) is 0 Å². The molecule has 0 amide bonds. The summed E-state index contributed by atoms with van der Waals surface area (Å²) in [5.74, 6) is -0.636. The maximum Gasteiger partial charge on any atom is 0.417 e. The minimum absolute atomic E-state index is 0.000412. The molecule has 0 saturated heterocycles. The predicted molar refractivity (Wildman–Crippen MR) is 122 cm³/mol. The molecule has 6 nitrogen and oxygen atoms in total. The van der Waals surface area contributed by atoms with Gasteiger partial charge in [-0.2, -0.15) is 30.6 Å². The molecule has 0 bridgehead atoms. The summed E-state index contributed by atoms with van der Waals surface area (Å²) in [6, 6.07) is 9.28. The molecule has 33 heavy (non-hydrogen) atoms. The van der Waals surface area contributed by atoms with Crippen molar-refractivity contribution in [3.63, 3.8) is 0 Å². The fourth-order valence-corrected chi connectivity index (χ4v) is 4.39. The number of alkyl halides is 3. The Morgan fingerprint density at radius 3 is 2.27 bits per heavy atom. The van der Waals surface area contributed by atoms with E-state index in [-0.39, 0.29) is 17.4 Å². The van der Waals surface area contributed by atoms with Crippen LogP contribution in [0.5, 0.6) is 0 Å². The zero-order valence-electron chi connectivity index (χ0n) is 18.9. The number of halogens is 3. The molecule has 1 unspecified atom stereocenters. The number of benzene rings is 2. The van der Waals surface area contributed by atoms with Gasteiger partial charge < -0.3 is 0 Å². The Kier molecular flexibility index (Phi) is 6.74. The van der Waals surface area contributed by atoms with Crippen LogP contribution in [0.2, 0.25) is 0 Å². The van der Waals surface area contributed by atoms with Crippen molar-refractivity contribution >= 4 is 27.0 Å². The van der Waals surface area contributed by atoms with Crippen molar-refractivity contribution in [3.05, 3.63) is 59.8 Å². The highest BCUT2D eigenvalue weighted by atomic mass is 32.2. The van der Waals surface area contributed by atoms with Crippen molar-refractivity contribution in [2.24, 2.45) is 5.92 Å². The first-order chi connectivity index (χ1) is 15.2. The van der Waals surface area contributed by atoms with Crippen molar-refractivity contribution in [3.8, 4) is 11.1 Å². The van der Waals surface area contributed by atoms with Gasteiger partial charge in [0.05, 0.1) is 11.1 Å². The molecule has 10 heteroatoms. The highest BCUT2D eigenvalue weighted by molar-refractivity contribution is 7.87. The van der Waals surface area contributed by atoms with E-state index in [1.54, 1.807) is 39.1 Å². The average Bonchev–Trinajstić information content (AvgIpc) is 3.11. The molecule has 2 aromatic carbocycles. The molecule has 0 spiro atoms. The molecule has 1 aromatic heterocycles. The number of nitrogens with zero attached hydrogens (tertiary/aromatic N) is 2. The van der Waals surface area contributed by atoms with Gasteiger partial charge >= 0.3 is 6.18 Å². The third-order valence-electron chi connectivity index (χ3n) is 5.38. The number of hydrogen-bond donors (Lipinski definition) is 1. The van der Waals surface area contributed by atoms with Crippen molar-refractivity contribution in [1.29, 1.82) is 0 Å². The summed E-state index contributed by atoms with van der Waals surface area (Å²) < 4.78 is 70.3. The Morgan fingerprint density at radius 2 is 1.70 bits per heavy atom. The van der Waals surface area contributed by atoms with Gasteiger partial charge in [-0.15, -0.1) is 0 Å². The smallest absolute Gasteiger partial charge is 0.287 e. The minimum Gasteiger partial charge on any atom is -0.287 e. The van der Waals surface area contributed by atoms with E-state index < -0.39 is 28.0 Å². The van der Waals surface area contributed by atoms with Gasteiger partial charge in [0.2, 0.25) is 5.91 Å². The monoisotopic (exact) mass is 481 g/mol. The van der Waals surface area contributed by atoms with Crippen LogP contribution in [0.1, 0.15) is 42.7 Å². The van der Waals surface area contributed by atoms with Crippen molar-refractivity contribution in [1.82, 2.24) is 13.6 Å². The lowest BCUT2D eigenvalue weighted by Gasteiger charge is -2.17. The van der Waals surface area contributed by atoms with Crippen molar-refractivity contribution in [2.45, 2.75) is 33.0 Å². The molecule has 3 rings (SSSR count). The van der Waals surface area contributed by atoms with Gasteiger partial charge in [0.1, 0.15) is 0 Å². The van der Waals surface area contributed by atoms with Crippen LogP contribution in [0.4, 0.5) is 13.2 Å². The maximum absolute atomic E-state index is 13.6. The van der Waals surface area contributed by atoms with Gasteiger partial charge in [-0.1, -0.05) is 44.2 Å². The summed E-state index contributed by atoms with van der Waals surface area (Å²) in [6.45, 7) is 5.08. The van der Waals surface area contributed by atoms with Gasteiger partial charge in [0.15, 0.2) is 0 Å². The SMILES string of the molecule is CC(C)C(=O)n1cc(C(C)NS(=O)(=O)N(C)C)c2ccc(-c3ccccc3C(F)(F)F)cc21. The van der Waals surface area contributed by atoms with Crippen LogP contribution in [0.15, 0.2) is 48.7 Å². The number of rotatable bonds is 6. The number of nitrogens with one attached hydrogen (secondary N) is 1. The summed E-state index contributed by atoms with van der Waals surface area (Å²) in [4.78, 5) is 12.9. The number of carbonyl (C=O) groups is 1. The molecule has 0 radical (unpaired) electrons. The molecule has 0 fully saturated rings. The Labute approximate surface area is 191 Å². The third-order valence-corrected chi connectivity index (χ3v) is 7.00. The molecule has 3 aromatic rings. The van der Waals surface area contributed by atoms with Crippen LogP contribution >= 0.6 is 0 Å². The zero-order chi connectivity index (χ0) is 24.7. The second kappa shape index (κ2) is 8.92. The van der Waals surface area contributed by atoms with Crippen LogP contribution in [0, 0.1) is 5.92 Å². The molecular weight excluding hydrogens is 455 g/mol. The quantitative estimate of drug-likeness (QED) is 0.534. The van der Waals surface area contributed by atoms with Gasteiger partial charge in [0, 0.05) is 37.6 Å². The number of fused-ring (bicyclic) bond motifs is 1. The van der Waals surface area contributed by atoms with Crippen LogP contribution in [-0.2, 0) is 16.4 Å². The standard InChI is InChI=1S/C23H26F3N3O3S/c1-14(2)22(30)29-13-19(15(3)27-33(31,32)28(4)5)18-11-10-16(12-21(18)29)17-8-6-7-9-20(17)23(24,25)26/h6-15,27H,1-5H3. The lowest BCUT2D eigenvalue weighted by molar-refractivity contribution is -0.137. The third kappa shape index (κ3) is 4.97. The predicted octanol–water partition coefficient (Wildman–Crippen LogP) is 5.08. The topological polar surface area (TPSA) is 71.4 Å². The Hall–Kier alpha value is -2.69. The van der Waals surface area contributed by atoms with E-state index in [9.17, 15) is 26.4 Å². The molecule has 0 aliphatic heterocycles. The minimum atomic E-state index is -4.54. The molecule has 0 aliphatic rings. The first-order valence-corrected chi connectivity index (χ1v) is 11.7. The maximum atomic E-state index is 13.6. The molecule has 1 N–H and O–H groups in total. The Morgan fingerprint density at radius 1 is 1.06 bits per heavy atom. The summed E-state index contributed by atoms with van der Waals surface area (Å²) in [7, 11) is -0.963. The first kappa shape index (κ1) is 24.9. The number of carbonyl (C=O) groups excluding carboxylic acids is 1. The first-order valence-electron chi connectivity index (χ1n) is 10.3. The number of hydrogen-bond acceptors (Lipinski definition) is 3. The highest BCUT2D eigenvalue weighted by Gasteiger charge is 2.33. The zero-order valence-corrected chi connectivity index (χ0v) is 19.8. The second-order valence-corrected chi connectivity index (χ2v) is 10.3. The van der Waals surface area contributed by atoms with E-state index in [0.29, 0.717) is 22.0 Å². The van der Waals surface area contributed by atoms with Crippen molar-refractivity contribution in [2.75, 3.05) is 14.1 Å². The van der Waals surface area contributed by atoms with Crippen molar-refractivity contribution < 1.29 is 26.4 Å². The molecule has 1 atom stereocenters. The van der Waals surface area contributed by atoms with Crippen LogP contribution in [0.3, 0.4) is 0 Å². The highest BCUT2D eigenvalue weighted by Crippen LogP contribution is 2.38. The van der Waals surface area contributed by atoms with E-state index >= 15 is 0 Å². The van der Waals surface area contributed by atoms with Gasteiger partial charge in [-0.05, 0) is 35.7 Å². The van der Waals surface area contributed by atoms with Gasteiger partial charge in [0.25, 0.3) is 10.2 Å². The lowest BCUT2D eigenvalue weighted by atomic mass is 9.97. The van der Waals surface area contributed by atoms with Gasteiger partial charge in [-0.3, -0.25) is 9.36 Å². The van der Waals surface area contributed by atoms with Crippen LogP contribution in [-0.4, -0.2) is 37.3 Å². The second-order valence-electron chi connectivity index (χ2n) is 8.35. The molecule has 0 aliphatic carbocycles. The summed E-state index contributed by atoms with van der Waals surface area (Å²) in [5, 5.41) is 0.575. The largest absolute Gasteiger partial charge is 0.417 e. The molecular formula is C23H26F3N3O3S. The summed E-state index contributed by atoms with van der Waals surface area (Å²) in [5.41, 5.74) is 0.484. The molecule has 178 valence electrons. The number of aromatic nitrogens is 1. The molecule has 1 heterocycles. The van der Waals surface area contributed by atoms with E-state index in [1.165, 1.54) is 42.9 Å². The Bertz CT molecular complexity index is 1300. The Balaban J connectivity index is 2.22.